The third-order valence-corrected chi connectivity index (χ3v) is 3.31. The van der Waals surface area contributed by atoms with Gasteiger partial charge in [-0.25, -0.2) is 9.97 Å². The summed E-state index contributed by atoms with van der Waals surface area (Å²) in [7, 11) is 0. The van der Waals surface area contributed by atoms with Crippen molar-refractivity contribution in [3.8, 4) is 0 Å². The molecule has 1 N–H and O–H groups in total. The van der Waals surface area contributed by atoms with Crippen molar-refractivity contribution >= 4 is 22.7 Å². The molecule has 74 valence electrons. The molecule has 2 heterocycles. The van der Waals surface area contributed by atoms with Gasteiger partial charge < -0.3 is 5.32 Å². The summed E-state index contributed by atoms with van der Waals surface area (Å²) in [5, 5.41) is 6.51. The summed E-state index contributed by atoms with van der Waals surface area (Å²) in [5.41, 5.74) is 2.96. The fourth-order valence-corrected chi connectivity index (χ4v) is 2.45. The molecule has 0 unspecified atom stereocenters. The van der Waals surface area contributed by atoms with E-state index in [1.54, 1.807) is 22.7 Å². The largest absolute Gasteiger partial charge is 0.306 e. The predicted octanol–water partition coefficient (Wildman–Crippen LogP) is 2.20. The van der Waals surface area contributed by atoms with E-state index in [1.807, 2.05) is 18.6 Å². The van der Waals surface area contributed by atoms with E-state index in [2.05, 4.69) is 20.7 Å². The third-order valence-electron chi connectivity index (χ3n) is 1.76. The second-order valence-corrected chi connectivity index (χ2v) is 4.97. The van der Waals surface area contributed by atoms with Gasteiger partial charge in [-0.2, -0.15) is 0 Å². The maximum absolute atomic E-state index is 4.20. The number of nitrogens with one attached hydrogen (secondary N) is 1. The Bertz CT molecular complexity index is 380. The van der Waals surface area contributed by atoms with E-state index in [9.17, 15) is 0 Å². The van der Waals surface area contributed by atoms with E-state index >= 15 is 0 Å². The van der Waals surface area contributed by atoms with Crippen molar-refractivity contribution < 1.29 is 0 Å². The van der Waals surface area contributed by atoms with Crippen molar-refractivity contribution in [3.05, 3.63) is 32.7 Å². The molecule has 2 rings (SSSR count). The summed E-state index contributed by atoms with van der Waals surface area (Å²) >= 11 is 3.36. The van der Waals surface area contributed by atoms with Crippen LogP contribution in [0.15, 0.2) is 17.1 Å². The van der Waals surface area contributed by atoms with Crippen LogP contribution in [0.1, 0.15) is 15.6 Å². The molecule has 2 aromatic heterocycles. The van der Waals surface area contributed by atoms with Crippen LogP contribution in [0.25, 0.3) is 0 Å². The minimum atomic E-state index is 0.834. The van der Waals surface area contributed by atoms with Gasteiger partial charge in [-0.15, -0.1) is 22.7 Å². The number of hydrogen-bond acceptors (Lipinski definition) is 5. The van der Waals surface area contributed by atoms with Crippen LogP contribution in [0.3, 0.4) is 0 Å². The molecule has 0 aliphatic rings. The Labute approximate surface area is 90.9 Å². The van der Waals surface area contributed by atoms with Crippen LogP contribution in [0.2, 0.25) is 0 Å². The quantitative estimate of drug-likeness (QED) is 0.867. The molecule has 14 heavy (non-hydrogen) atoms. The van der Waals surface area contributed by atoms with Gasteiger partial charge in [0.05, 0.1) is 16.2 Å². The average Bonchev–Trinajstić information content (AvgIpc) is 2.77. The Balaban J connectivity index is 1.78. The van der Waals surface area contributed by atoms with Crippen LogP contribution in [-0.4, -0.2) is 9.97 Å². The van der Waals surface area contributed by atoms with Crippen molar-refractivity contribution in [1.82, 2.24) is 15.3 Å². The van der Waals surface area contributed by atoms with Gasteiger partial charge in [0.2, 0.25) is 0 Å². The molecule has 0 bridgehead atoms. The Morgan fingerprint density at radius 3 is 2.93 bits per heavy atom. The number of hydrogen-bond donors (Lipinski definition) is 1. The fourth-order valence-electron chi connectivity index (χ4n) is 1.13. The van der Waals surface area contributed by atoms with E-state index in [0.717, 1.165) is 23.8 Å². The summed E-state index contributed by atoms with van der Waals surface area (Å²) < 4.78 is 0. The molecule has 0 aromatic carbocycles. The number of rotatable bonds is 4. The van der Waals surface area contributed by atoms with E-state index in [1.165, 1.54) is 4.88 Å². The van der Waals surface area contributed by atoms with Gasteiger partial charge in [-0.3, -0.25) is 0 Å². The summed E-state index contributed by atoms with van der Waals surface area (Å²) in [5.74, 6) is 0. The van der Waals surface area contributed by atoms with Gasteiger partial charge in [0.1, 0.15) is 0 Å². The van der Waals surface area contributed by atoms with E-state index < -0.39 is 0 Å². The van der Waals surface area contributed by atoms with Gasteiger partial charge in [-0.05, 0) is 6.92 Å². The first-order valence-corrected chi connectivity index (χ1v) is 6.09. The van der Waals surface area contributed by atoms with Crippen molar-refractivity contribution in [2.75, 3.05) is 0 Å². The first-order chi connectivity index (χ1) is 6.84. The number of aromatic nitrogens is 2. The predicted molar refractivity (Wildman–Crippen MR) is 59.5 cm³/mol. The lowest BCUT2D eigenvalue weighted by Gasteiger charge is -1.98. The molecule has 5 heteroatoms. The Morgan fingerprint density at radius 2 is 2.29 bits per heavy atom. The van der Waals surface area contributed by atoms with E-state index in [0.29, 0.717) is 0 Å². The minimum Gasteiger partial charge on any atom is -0.306 e. The topological polar surface area (TPSA) is 37.8 Å². The first-order valence-electron chi connectivity index (χ1n) is 4.33. The van der Waals surface area contributed by atoms with Crippen molar-refractivity contribution in [3.63, 3.8) is 0 Å². The molecule has 0 saturated carbocycles. The summed E-state index contributed by atoms with van der Waals surface area (Å²) in [6.45, 7) is 3.73. The highest BCUT2D eigenvalue weighted by Crippen LogP contribution is 2.11. The molecule has 0 radical (unpaired) electrons. The van der Waals surface area contributed by atoms with Gasteiger partial charge in [0, 0.05) is 29.5 Å². The lowest BCUT2D eigenvalue weighted by Crippen LogP contribution is -2.11. The van der Waals surface area contributed by atoms with Gasteiger partial charge >= 0.3 is 0 Å². The standard InChI is InChI=1S/C9H11N3S2/c1-7-11-4-9(14-7)3-10-2-8-5-13-6-12-8/h4-6,10H,2-3H2,1H3. The van der Waals surface area contributed by atoms with Crippen molar-refractivity contribution in [1.29, 1.82) is 0 Å². The lowest BCUT2D eigenvalue weighted by atomic mass is 10.4. The number of nitrogens with zero attached hydrogens (tertiary/aromatic N) is 2. The Hall–Kier alpha value is -0.780. The van der Waals surface area contributed by atoms with E-state index in [-0.39, 0.29) is 0 Å². The summed E-state index contributed by atoms with van der Waals surface area (Å²) in [6, 6.07) is 0. The van der Waals surface area contributed by atoms with Crippen molar-refractivity contribution in [2.45, 2.75) is 20.0 Å². The smallest absolute Gasteiger partial charge is 0.0897 e. The maximum atomic E-state index is 4.20. The van der Waals surface area contributed by atoms with Crippen LogP contribution >= 0.6 is 22.7 Å². The summed E-state index contributed by atoms with van der Waals surface area (Å²) in [6.07, 6.45) is 1.92. The Kier molecular flexibility index (Phi) is 3.23. The summed E-state index contributed by atoms with van der Waals surface area (Å²) in [4.78, 5) is 9.67. The molecule has 0 amide bonds. The third kappa shape index (κ3) is 2.60. The van der Waals surface area contributed by atoms with Crippen LogP contribution in [0.4, 0.5) is 0 Å². The SMILES string of the molecule is Cc1ncc(CNCc2cscn2)s1. The molecular weight excluding hydrogens is 214 g/mol. The normalized spacial score (nSPS) is 10.6. The highest BCUT2D eigenvalue weighted by Gasteiger charge is 1.98. The first kappa shape index (κ1) is 9.76. The molecule has 0 fully saturated rings. The molecule has 3 nitrogen and oxygen atoms in total. The fraction of sp³-hybridized carbons (Fsp3) is 0.333. The van der Waals surface area contributed by atoms with Crippen LogP contribution in [0, 0.1) is 6.92 Å². The monoisotopic (exact) mass is 225 g/mol. The molecule has 2 aromatic rings. The van der Waals surface area contributed by atoms with Crippen LogP contribution in [-0.2, 0) is 13.1 Å². The second kappa shape index (κ2) is 4.63. The Morgan fingerprint density at radius 1 is 1.36 bits per heavy atom. The van der Waals surface area contributed by atoms with E-state index in [4.69, 9.17) is 0 Å². The zero-order valence-corrected chi connectivity index (χ0v) is 9.49. The second-order valence-electron chi connectivity index (χ2n) is 2.93. The van der Waals surface area contributed by atoms with Crippen LogP contribution < -0.4 is 5.32 Å². The number of aryl methyl sites for hydroxylation is 1. The minimum absolute atomic E-state index is 0.834. The molecule has 0 atom stereocenters. The molecule has 0 spiro atoms. The highest BCUT2D eigenvalue weighted by atomic mass is 32.1. The maximum Gasteiger partial charge on any atom is 0.0897 e. The molecular formula is C9H11N3S2. The zero-order valence-electron chi connectivity index (χ0n) is 7.86. The van der Waals surface area contributed by atoms with Crippen molar-refractivity contribution in [2.24, 2.45) is 0 Å². The lowest BCUT2D eigenvalue weighted by molar-refractivity contribution is 0.689. The van der Waals surface area contributed by atoms with Gasteiger partial charge in [-0.1, -0.05) is 0 Å². The average molecular weight is 225 g/mol. The zero-order chi connectivity index (χ0) is 9.80. The van der Waals surface area contributed by atoms with Gasteiger partial charge in [0.25, 0.3) is 0 Å². The molecule has 0 saturated heterocycles. The molecule has 0 aliphatic carbocycles. The van der Waals surface area contributed by atoms with Gasteiger partial charge in [0.15, 0.2) is 0 Å². The molecule has 0 aliphatic heterocycles. The number of thiazole rings is 2. The van der Waals surface area contributed by atoms with Crippen LogP contribution in [0.5, 0.6) is 0 Å². The highest BCUT2D eigenvalue weighted by molar-refractivity contribution is 7.11.